The molecule has 0 saturated heterocycles. The summed E-state index contributed by atoms with van der Waals surface area (Å²) in [6.07, 6.45) is 0. The molecule has 124 valence electrons. The van der Waals surface area contributed by atoms with E-state index >= 15 is 0 Å². The lowest BCUT2D eigenvalue weighted by Crippen LogP contribution is -2.17. The molecule has 0 spiro atoms. The standard InChI is InChI=1S/C16H15N3O5/c1-3-22-15(21)11-8(2)23-14(12(11)13(17)20)19-16-18-9-6-4-5-7-10(9)24-16/h4-7H,3H2,1-2H3,(H2,17,20)(H,18,19). The number of aromatic nitrogens is 1. The van der Waals surface area contributed by atoms with Crippen molar-refractivity contribution >= 4 is 34.9 Å². The number of nitrogens with two attached hydrogens (primary N) is 1. The monoisotopic (exact) mass is 329 g/mol. The highest BCUT2D eigenvalue weighted by Crippen LogP contribution is 2.30. The SMILES string of the molecule is CCOC(=O)c1c(C)oc(Nc2nc3ccccc3o2)c1C(N)=O. The number of fused-ring (bicyclic) bond motifs is 1. The Morgan fingerprint density at radius 2 is 2.00 bits per heavy atom. The first-order valence-corrected chi connectivity index (χ1v) is 7.24. The molecule has 3 N–H and O–H groups in total. The Labute approximate surface area is 136 Å². The second-order valence-electron chi connectivity index (χ2n) is 4.93. The van der Waals surface area contributed by atoms with Crippen molar-refractivity contribution < 1.29 is 23.2 Å². The highest BCUT2D eigenvalue weighted by Gasteiger charge is 2.29. The van der Waals surface area contributed by atoms with Crippen LogP contribution in [0.1, 0.15) is 33.4 Å². The Balaban J connectivity index is 2.02. The zero-order chi connectivity index (χ0) is 17.3. The van der Waals surface area contributed by atoms with Gasteiger partial charge in [-0.15, -0.1) is 0 Å². The lowest BCUT2D eigenvalue weighted by Gasteiger charge is -2.02. The summed E-state index contributed by atoms with van der Waals surface area (Å²) in [7, 11) is 0. The summed E-state index contributed by atoms with van der Waals surface area (Å²) in [6.45, 7) is 3.36. The topological polar surface area (TPSA) is 121 Å². The van der Waals surface area contributed by atoms with Crippen molar-refractivity contribution in [1.29, 1.82) is 0 Å². The van der Waals surface area contributed by atoms with Crippen molar-refractivity contribution in [3.05, 3.63) is 41.2 Å². The molecule has 0 radical (unpaired) electrons. The van der Waals surface area contributed by atoms with Crippen molar-refractivity contribution in [3.8, 4) is 0 Å². The normalized spacial score (nSPS) is 10.8. The number of aryl methyl sites for hydroxylation is 1. The molecule has 0 aliphatic heterocycles. The van der Waals surface area contributed by atoms with Crippen LogP contribution in [0.25, 0.3) is 11.1 Å². The van der Waals surface area contributed by atoms with Crippen LogP contribution >= 0.6 is 0 Å². The maximum atomic E-state index is 12.0. The van der Waals surface area contributed by atoms with Gasteiger partial charge in [-0.05, 0) is 26.0 Å². The van der Waals surface area contributed by atoms with Crippen molar-refractivity contribution in [2.45, 2.75) is 13.8 Å². The quantitative estimate of drug-likeness (QED) is 0.690. The van der Waals surface area contributed by atoms with Crippen LogP contribution in [0.15, 0.2) is 33.1 Å². The molecule has 1 aromatic carbocycles. The van der Waals surface area contributed by atoms with E-state index in [9.17, 15) is 9.59 Å². The van der Waals surface area contributed by atoms with Gasteiger partial charge in [-0.25, -0.2) is 4.79 Å². The van der Waals surface area contributed by atoms with E-state index in [1.54, 1.807) is 19.1 Å². The van der Waals surface area contributed by atoms with Crippen LogP contribution in [-0.2, 0) is 4.74 Å². The maximum Gasteiger partial charge on any atom is 0.342 e. The van der Waals surface area contributed by atoms with Gasteiger partial charge in [-0.1, -0.05) is 12.1 Å². The van der Waals surface area contributed by atoms with Crippen LogP contribution in [0.2, 0.25) is 0 Å². The Bertz CT molecular complexity index is 892. The van der Waals surface area contributed by atoms with E-state index in [0.29, 0.717) is 11.1 Å². The van der Waals surface area contributed by atoms with Crippen molar-refractivity contribution in [2.75, 3.05) is 11.9 Å². The first-order valence-electron chi connectivity index (χ1n) is 7.24. The van der Waals surface area contributed by atoms with Gasteiger partial charge in [0.05, 0.1) is 6.61 Å². The number of nitrogens with zero attached hydrogens (tertiary/aromatic N) is 1. The molecule has 8 nitrogen and oxygen atoms in total. The molecule has 8 heteroatoms. The van der Waals surface area contributed by atoms with Gasteiger partial charge >= 0.3 is 12.0 Å². The molecule has 3 aromatic rings. The summed E-state index contributed by atoms with van der Waals surface area (Å²) in [5.74, 6) is -1.32. The van der Waals surface area contributed by atoms with Crippen molar-refractivity contribution in [1.82, 2.24) is 4.98 Å². The van der Waals surface area contributed by atoms with Gasteiger partial charge in [0.1, 0.15) is 22.4 Å². The molecule has 24 heavy (non-hydrogen) atoms. The van der Waals surface area contributed by atoms with Gasteiger partial charge < -0.3 is 19.3 Å². The van der Waals surface area contributed by atoms with E-state index in [1.165, 1.54) is 6.92 Å². The number of hydrogen-bond donors (Lipinski definition) is 2. The summed E-state index contributed by atoms with van der Waals surface area (Å²) in [5, 5.41) is 2.75. The number of esters is 1. The molecule has 0 aliphatic rings. The fourth-order valence-electron chi connectivity index (χ4n) is 2.34. The minimum atomic E-state index is -0.825. The number of hydrogen-bond acceptors (Lipinski definition) is 7. The third kappa shape index (κ3) is 2.69. The van der Waals surface area contributed by atoms with Crippen LogP contribution in [0.4, 0.5) is 11.9 Å². The first-order chi connectivity index (χ1) is 11.5. The van der Waals surface area contributed by atoms with Gasteiger partial charge in [-0.2, -0.15) is 4.98 Å². The number of benzene rings is 1. The largest absolute Gasteiger partial charge is 0.462 e. The predicted molar refractivity (Wildman–Crippen MR) is 85.2 cm³/mol. The van der Waals surface area contributed by atoms with E-state index in [4.69, 9.17) is 19.3 Å². The molecule has 0 atom stereocenters. The maximum absolute atomic E-state index is 12.0. The lowest BCUT2D eigenvalue weighted by molar-refractivity contribution is 0.0521. The summed E-state index contributed by atoms with van der Waals surface area (Å²) in [4.78, 5) is 28.1. The summed E-state index contributed by atoms with van der Waals surface area (Å²) < 4.78 is 15.9. The molecule has 0 fully saturated rings. The molecule has 1 amide bonds. The number of primary amides is 1. The van der Waals surface area contributed by atoms with Crippen LogP contribution in [0.5, 0.6) is 0 Å². The van der Waals surface area contributed by atoms with Crippen molar-refractivity contribution in [2.24, 2.45) is 5.73 Å². The Hall–Kier alpha value is -3.29. The van der Waals surface area contributed by atoms with Crippen molar-refractivity contribution in [3.63, 3.8) is 0 Å². The number of furan rings is 1. The van der Waals surface area contributed by atoms with Gasteiger partial charge in [0.2, 0.25) is 5.88 Å². The Morgan fingerprint density at radius 3 is 2.67 bits per heavy atom. The third-order valence-corrected chi connectivity index (χ3v) is 3.32. The second-order valence-corrected chi connectivity index (χ2v) is 4.93. The fourth-order valence-corrected chi connectivity index (χ4v) is 2.34. The molecule has 0 aliphatic carbocycles. The molecular weight excluding hydrogens is 314 g/mol. The highest BCUT2D eigenvalue weighted by molar-refractivity contribution is 6.09. The summed E-state index contributed by atoms with van der Waals surface area (Å²) in [5.41, 5.74) is 6.48. The molecule has 2 heterocycles. The number of ether oxygens (including phenoxy) is 1. The van der Waals surface area contributed by atoms with E-state index in [2.05, 4.69) is 10.3 Å². The number of carbonyl (C=O) groups excluding carboxylic acids is 2. The zero-order valence-electron chi connectivity index (χ0n) is 13.1. The number of amides is 1. The lowest BCUT2D eigenvalue weighted by atomic mass is 10.1. The number of para-hydroxylation sites is 2. The predicted octanol–water partition coefficient (Wildman–Crippen LogP) is 2.75. The highest BCUT2D eigenvalue weighted by atomic mass is 16.5. The number of nitrogens with one attached hydrogen (secondary N) is 1. The van der Waals surface area contributed by atoms with E-state index < -0.39 is 11.9 Å². The first kappa shape index (κ1) is 15.6. The Morgan fingerprint density at radius 1 is 1.25 bits per heavy atom. The average Bonchev–Trinajstić information content (AvgIpc) is 3.07. The molecule has 0 unspecified atom stereocenters. The minimum absolute atomic E-state index is 0.0111. The minimum Gasteiger partial charge on any atom is -0.462 e. The van der Waals surface area contributed by atoms with Gasteiger partial charge in [-0.3, -0.25) is 10.1 Å². The third-order valence-electron chi connectivity index (χ3n) is 3.32. The van der Waals surface area contributed by atoms with Crippen LogP contribution in [0, 0.1) is 6.92 Å². The van der Waals surface area contributed by atoms with E-state index in [0.717, 1.165) is 0 Å². The Kier molecular flexibility index (Phi) is 3.95. The number of oxazole rings is 1. The number of carbonyl (C=O) groups is 2. The average molecular weight is 329 g/mol. The van der Waals surface area contributed by atoms with Gasteiger partial charge in [0.25, 0.3) is 5.91 Å². The van der Waals surface area contributed by atoms with Crippen LogP contribution in [-0.4, -0.2) is 23.5 Å². The molecular formula is C16H15N3O5. The van der Waals surface area contributed by atoms with Crippen LogP contribution in [0.3, 0.4) is 0 Å². The number of rotatable bonds is 5. The van der Waals surface area contributed by atoms with E-state index in [-0.39, 0.29) is 35.4 Å². The second kappa shape index (κ2) is 6.07. The van der Waals surface area contributed by atoms with Crippen LogP contribution < -0.4 is 11.1 Å². The molecule has 3 rings (SSSR count). The zero-order valence-corrected chi connectivity index (χ0v) is 13.1. The molecule has 0 saturated carbocycles. The molecule has 0 bridgehead atoms. The summed E-state index contributed by atoms with van der Waals surface area (Å²) >= 11 is 0. The smallest absolute Gasteiger partial charge is 0.342 e. The summed E-state index contributed by atoms with van der Waals surface area (Å²) in [6, 6.07) is 7.26. The fraction of sp³-hybridized carbons (Fsp3) is 0.188. The van der Waals surface area contributed by atoms with E-state index in [1.807, 2.05) is 12.1 Å². The van der Waals surface area contributed by atoms with Gasteiger partial charge in [0, 0.05) is 0 Å². The number of anilines is 2. The van der Waals surface area contributed by atoms with Gasteiger partial charge in [0.15, 0.2) is 5.58 Å². The molecule has 2 aromatic heterocycles.